The van der Waals surface area contributed by atoms with Crippen LogP contribution < -0.4 is 5.73 Å². The number of nitrogens with zero attached hydrogens (tertiary/aromatic N) is 2. The van der Waals surface area contributed by atoms with E-state index in [9.17, 15) is 14.4 Å². The Bertz CT molecular complexity index is 606. The molecule has 0 saturated carbocycles. The molecule has 1 aromatic heterocycles. The molecule has 2 rings (SSSR count). The van der Waals surface area contributed by atoms with Crippen LogP contribution in [0.2, 0.25) is 0 Å². The monoisotopic (exact) mass is 306 g/mol. The van der Waals surface area contributed by atoms with Gasteiger partial charge in [-0.15, -0.1) is 0 Å². The van der Waals surface area contributed by atoms with E-state index in [2.05, 4.69) is 4.98 Å². The zero-order valence-corrected chi connectivity index (χ0v) is 13.2. The first-order valence-electron chi connectivity index (χ1n) is 7.38. The average Bonchev–Trinajstić information content (AvgIpc) is 2.94. The standard InChI is InChI=1S/C15H22N4O3/c1-4-5-18-6-7-19(15(2,3)14(18)22)13(21)11-8-10(9-17-11)12(16)20/h8-9,17H,4-7H2,1-3H3,(H2,16,20). The highest BCUT2D eigenvalue weighted by atomic mass is 16.2. The lowest BCUT2D eigenvalue weighted by Crippen LogP contribution is -2.64. The summed E-state index contributed by atoms with van der Waals surface area (Å²) < 4.78 is 0. The number of amides is 3. The van der Waals surface area contributed by atoms with Gasteiger partial charge in [0.05, 0.1) is 5.56 Å². The molecule has 0 aliphatic carbocycles. The van der Waals surface area contributed by atoms with Crippen molar-refractivity contribution < 1.29 is 14.4 Å². The molecule has 0 spiro atoms. The quantitative estimate of drug-likeness (QED) is 0.851. The predicted molar refractivity (Wildman–Crippen MR) is 81.3 cm³/mol. The van der Waals surface area contributed by atoms with Crippen molar-refractivity contribution in [3.63, 3.8) is 0 Å². The van der Waals surface area contributed by atoms with Crippen LogP contribution in [0.3, 0.4) is 0 Å². The van der Waals surface area contributed by atoms with Crippen LogP contribution in [0.5, 0.6) is 0 Å². The molecule has 0 atom stereocenters. The average molecular weight is 306 g/mol. The first-order valence-corrected chi connectivity index (χ1v) is 7.38. The lowest BCUT2D eigenvalue weighted by atomic mass is 9.96. The van der Waals surface area contributed by atoms with E-state index in [0.717, 1.165) is 6.42 Å². The lowest BCUT2D eigenvalue weighted by molar-refractivity contribution is -0.146. The van der Waals surface area contributed by atoms with E-state index in [4.69, 9.17) is 5.73 Å². The number of carbonyl (C=O) groups excluding carboxylic acids is 3. The Morgan fingerprint density at radius 2 is 2.05 bits per heavy atom. The summed E-state index contributed by atoms with van der Waals surface area (Å²) >= 11 is 0. The van der Waals surface area contributed by atoms with Gasteiger partial charge in [0.15, 0.2) is 0 Å². The van der Waals surface area contributed by atoms with E-state index < -0.39 is 11.4 Å². The Balaban J connectivity index is 2.22. The summed E-state index contributed by atoms with van der Waals surface area (Å²) in [5, 5.41) is 0. The second-order valence-electron chi connectivity index (χ2n) is 5.97. The Morgan fingerprint density at radius 3 is 2.59 bits per heavy atom. The number of hydrogen-bond donors (Lipinski definition) is 2. The molecule has 1 fully saturated rings. The number of aromatic amines is 1. The third-order valence-electron chi connectivity index (χ3n) is 4.02. The summed E-state index contributed by atoms with van der Waals surface area (Å²) in [4.78, 5) is 42.4. The van der Waals surface area contributed by atoms with Crippen LogP contribution in [-0.2, 0) is 4.79 Å². The number of hydrogen-bond acceptors (Lipinski definition) is 3. The van der Waals surface area contributed by atoms with Crippen LogP contribution in [0.4, 0.5) is 0 Å². The number of rotatable bonds is 4. The van der Waals surface area contributed by atoms with Crippen molar-refractivity contribution in [1.29, 1.82) is 0 Å². The fraction of sp³-hybridized carbons (Fsp3) is 0.533. The van der Waals surface area contributed by atoms with Crippen LogP contribution in [0.15, 0.2) is 12.3 Å². The fourth-order valence-electron chi connectivity index (χ4n) is 2.75. The molecular formula is C15H22N4O3. The van der Waals surface area contributed by atoms with Gasteiger partial charge in [-0.3, -0.25) is 14.4 Å². The Morgan fingerprint density at radius 1 is 1.36 bits per heavy atom. The van der Waals surface area contributed by atoms with E-state index in [0.29, 0.717) is 19.6 Å². The van der Waals surface area contributed by atoms with Crippen LogP contribution in [-0.4, -0.2) is 57.7 Å². The highest BCUT2D eigenvalue weighted by Crippen LogP contribution is 2.24. The molecule has 120 valence electrons. The summed E-state index contributed by atoms with van der Waals surface area (Å²) in [6.45, 7) is 7.18. The van der Waals surface area contributed by atoms with Crippen molar-refractivity contribution in [2.45, 2.75) is 32.7 Å². The number of nitrogens with two attached hydrogens (primary N) is 1. The smallest absolute Gasteiger partial charge is 0.271 e. The Hall–Kier alpha value is -2.31. The third kappa shape index (κ3) is 2.70. The fourth-order valence-corrected chi connectivity index (χ4v) is 2.75. The first-order chi connectivity index (χ1) is 10.3. The zero-order valence-electron chi connectivity index (χ0n) is 13.2. The molecule has 7 nitrogen and oxygen atoms in total. The predicted octanol–water partition coefficient (Wildman–Crippen LogP) is 0.587. The minimum absolute atomic E-state index is 0.0596. The van der Waals surface area contributed by atoms with Crippen LogP contribution >= 0.6 is 0 Å². The van der Waals surface area contributed by atoms with E-state index in [-0.39, 0.29) is 23.1 Å². The Kier molecular flexibility index (Phi) is 4.25. The van der Waals surface area contributed by atoms with Crippen molar-refractivity contribution >= 4 is 17.7 Å². The van der Waals surface area contributed by atoms with Gasteiger partial charge in [0.2, 0.25) is 11.8 Å². The van der Waals surface area contributed by atoms with E-state index in [1.54, 1.807) is 18.7 Å². The maximum atomic E-state index is 12.6. The van der Waals surface area contributed by atoms with Crippen molar-refractivity contribution in [3.8, 4) is 0 Å². The lowest BCUT2D eigenvalue weighted by Gasteiger charge is -2.45. The van der Waals surface area contributed by atoms with Gasteiger partial charge in [0.25, 0.3) is 5.91 Å². The number of nitrogens with one attached hydrogen (secondary N) is 1. The van der Waals surface area contributed by atoms with Crippen molar-refractivity contribution in [3.05, 3.63) is 23.5 Å². The number of aromatic nitrogens is 1. The molecule has 22 heavy (non-hydrogen) atoms. The topological polar surface area (TPSA) is 99.5 Å². The molecule has 0 radical (unpaired) electrons. The molecule has 1 aromatic rings. The molecular weight excluding hydrogens is 284 g/mol. The van der Waals surface area contributed by atoms with Crippen molar-refractivity contribution in [1.82, 2.24) is 14.8 Å². The minimum Gasteiger partial charge on any atom is -0.366 e. The number of primary amides is 1. The van der Waals surface area contributed by atoms with Gasteiger partial charge >= 0.3 is 0 Å². The van der Waals surface area contributed by atoms with E-state index in [1.807, 2.05) is 6.92 Å². The van der Waals surface area contributed by atoms with E-state index in [1.165, 1.54) is 17.2 Å². The summed E-state index contributed by atoms with van der Waals surface area (Å²) in [6.07, 6.45) is 2.28. The second kappa shape index (κ2) is 5.82. The maximum absolute atomic E-state index is 12.6. The third-order valence-corrected chi connectivity index (χ3v) is 4.02. The highest BCUT2D eigenvalue weighted by Gasteiger charge is 2.44. The number of H-pyrrole nitrogens is 1. The molecule has 1 saturated heterocycles. The summed E-state index contributed by atoms with van der Waals surface area (Å²) in [5.74, 6) is -0.962. The van der Waals surface area contributed by atoms with Gasteiger partial charge in [0, 0.05) is 25.8 Å². The molecule has 7 heteroatoms. The van der Waals surface area contributed by atoms with Gasteiger partial charge in [-0.1, -0.05) is 6.92 Å². The van der Waals surface area contributed by atoms with Crippen molar-refractivity contribution in [2.75, 3.05) is 19.6 Å². The molecule has 0 aromatic carbocycles. The normalized spacial score (nSPS) is 17.7. The van der Waals surface area contributed by atoms with Crippen LogP contribution in [0.1, 0.15) is 48.0 Å². The van der Waals surface area contributed by atoms with Gasteiger partial charge < -0.3 is 20.5 Å². The minimum atomic E-state index is -0.914. The summed E-state index contributed by atoms with van der Waals surface area (Å²) in [7, 11) is 0. The Labute approximate surface area is 129 Å². The largest absolute Gasteiger partial charge is 0.366 e. The molecule has 3 amide bonds. The molecule has 1 aliphatic heterocycles. The maximum Gasteiger partial charge on any atom is 0.271 e. The van der Waals surface area contributed by atoms with Crippen molar-refractivity contribution in [2.24, 2.45) is 5.73 Å². The van der Waals surface area contributed by atoms with Gasteiger partial charge in [-0.05, 0) is 26.3 Å². The molecule has 0 bridgehead atoms. The molecule has 2 heterocycles. The zero-order chi connectivity index (χ0) is 16.5. The molecule has 3 N–H and O–H groups in total. The summed E-state index contributed by atoms with van der Waals surface area (Å²) in [6, 6.07) is 1.42. The second-order valence-corrected chi connectivity index (χ2v) is 5.97. The van der Waals surface area contributed by atoms with Gasteiger partial charge in [0.1, 0.15) is 11.2 Å². The SMILES string of the molecule is CCCN1CCN(C(=O)c2cc(C(N)=O)c[nH]2)C(C)(C)C1=O. The van der Waals surface area contributed by atoms with Crippen LogP contribution in [0.25, 0.3) is 0 Å². The van der Waals surface area contributed by atoms with E-state index >= 15 is 0 Å². The molecule has 0 unspecified atom stereocenters. The first kappa shape index (κ1) is 16.1. The van der Waals surface area contributed by atoms with Gasteiger partial charge in [-0.2, -0.15) is 0 Å². The van der Waals surface area contributed by atoms with Gasteiger partial charge in [-0.25, -0.2) is 0 Å². The van der Waals surface area contributed by atoms with Crippen LogP contribution in [0, 0.1) is 0 Å². The molecule has 1 aliphatic rings. The number of carbonyl (C=O) groups is 3. The highest BCUT2D eigenvalue weighted by molar-refractivity contribution is 6.01. The summed E-state index contributed by atoms with van der Waals surface area (Å²) in [5.41, 5.74) is 4.78. The number of piperazine rings is 1.